The van der Waals surface area contributed by atoms with E-state index >= 15 is 0 Å². The number of carbonyl (C=O) groups excluding carboxylic acids is 1. The van der Waals surface area contributed by atoms with Crippen LogP contribution in [0.3, 0.4) is 0 Å². The summed E-state index contributed by atoms with van der Waals surface area (Å²) in [5.41, 5.74) is -0.862. The summed E-state index contributed by atoms with van der Waals surface area (Å²) in [6, 6.07) is 5.10. The molecule has 1 aliphatic heterocycles. The van der Waals surface area contributed by atoms with Gasteiger partial charge in [0.1, 0.15) is 5.75 Å². The molecule has 0 radical (unpaired) electrons. The Morgan fingerprint density at radius 1 is 1.31 bits per heavy atom. The number of rotatable bonds is 6. The molecule has 1 aromatic rings. The Morgan fingerprint density at radius 3 is 2.50 bits per heavy atom. The third-order valence-electron chi connectivity index (χ3n) is 4.34. The minimum Gasteiger partial charge on any atom is -0.480 e. The van der Waals surface area contributed by atoms with E-state index in [0.29, 0.717) is 6.54 Å². The number of piperidine rings is 1. The van der Waals surface area contributed by atoms with Gasteiger partial charge in [-0.15, -0.1) is 12.4 Å². The number of hydrogen-bond donors (Lipinski definition) is 1. The monoisotopic (exact) mass is 394 g/mol. The molecule has 1 atom stereocenters. The minimum absolute atomic E-state index is 0. The zero-order valence-corrected chi connectivity index (χ0v) is 15.8. The molecule has 1 fully saturated rings. The van der Waals surface area contributed by atoms with Crippen LogP contribution in [0.15, 0.2) is 24.3 Å². The summed E-state index contributed by atoms with van der Waals surface area (Å²) >= 11 is 0. The third-order valence-corrected chi connectivity index (χ3v) is 4.34. The van der Waals surface area contributed by atoms with Gasteiger partial charge in [0.25, 0.3) is 5.91 Å². The van der Waals surface area contributed by atoms with Gasteiger partial charge in [-0.3, -0.25) is 4.79 Å². The van der Waals surface area contributed by atoms with Crippen molar-refractivity contribution in [2.45, 2.75) is 51.4 Å². The van der Waals surface area contributed by atoms with Crippen molar-refractivity contribution in [2.24, 2.45) is 0 Å². The lowest BCUT2D eigenvalue weighted by molar-refractivity contribution is -0.145. The van der Waals surface area contributed by atoms with Crippen LogP contribution in [0, 0.1) is 0 Å². The van der Waals surface area contributed by atoms with Gasteiger partial charge in [0.05, 0.1) is 5.56 Å². The highest BCUT2D eigenvalue weighted by Gasteiger charge is 2.35. The first-order chi connectivity index (χ1) is 11.8. The standard InChI is InChI=1S/C18H25F3N2O2.ClH/c1-3-12-23(14-8-10-22-11-9-14)17(24)13(2)25-16-7-5-4-6-15(16)18(19,20)21;/h4-7,13-14,22H,3,8-12H2,1-2H3;1H. The van der Waals surface area contributed by atoms with Crippen LogP contribution < -0.4 is 10.1 Å². The molecule has 8 heteroatoms. The van der Waals surface area contributed by atoms with Gasteiger partial charge in [0.15, 0.2) is 6.10 Å². The Morgan fingerprint density at radius 2 is 1.92 bits per heavy atom. The molecule has 148 valence electrons. The number of carbonyl (C=O) groups is 1. The van der Waals surface area contributed by atoms with Crippen molar-refractivity contribution in [1.82, 2.24) is 10.2 Å². The lowest BCUT2D eigenvalue weighted by Crippen LogP contribution is -2.50. The highest BCUT2D eigenvalue weighted by Crippen LogP contribution is 2.36. The van der Waals surface area contributed by atoms with Gasteiger partial charge in [0, 0.05) is 12.6 Å². The summed E-state index contributed by atoms with van der Waals surface area (Å²) in [6.07, 6.45) is -3.00. The Hall–Kier alpha value is -1.47. The molecule has 1 N–H and O–H groups in total. The van der Waals surface area contributed by atoms with Crippen LogP contribution in [-0.4, -0.2) is 42.6 Å². The third kappa shape index (κ3) is 5.77. The quantitative estimate of drug-likeness (QED) is 0.796. The second kappa shape index (κ2) is 10.0. The molecule has 0 saturated carbocycles. The van der Waals surface area contributed by atoms with Crippen molar-refractivity contribution >= 4 is 18.3 Å². The van der Waals surface area contributed by atoms with Crippen molar-refractivity contribution in [3.05, 3.63) is 29.8 Å². The van der Waals surface area contributed by atoms with E-state index in [0.717, 1.165) is 38.4 Å². The molecule has 4 nitrogen and oxygen atoms in total. The normalized spacial score (nSPS) is 16.5. The van der Waals surface area contributed by atoms with E-state index in [-0.39, 0.29) is 30.1 Å². The van der Waals surface area contributed by atoms with E-state index in [1.807, 2.05) is 6.92 Å². The van der Waals surface area contributed by atoms with Crippen LogP contribution in [0.4, 0.5) is 13.2 Å². The highest BCUT2D eigenvalue weighted by atomic mass is 35.5. The summed E-state index contributed by atoms with van der Waals surface area (Å²) in [5, 5.41) is 3.25. The Kier molecular flexibility index (Phi) is 8.70. The smallest absolute Gasteiger partial charge is 0.419 e. The average molecular weight is 395 g/mol. The molecule has 0 aromatic heterocycles. The maximum atomic E-state index is 13.1. The summed E-state index contributed by atoms with van der Waals surface area (Å²) in [7, 11) is 0. The number of halogens is 4. The maximum Gasteiger partial charge on any atom is 0.419 e. The van der Waals surface area contributed by atoms with Gasteiger partial charge in [-0.2, -0.15) is 13.2 Å². The zero-order valence-electron chi connectivity index (χ0n) is 15.0. The number of para-hydroxylation sites is 1. The molecule has 1 unspecified atom stereocenters. The van der Waals surface area contributed by atoms with Gasteiger partial charge >= 0.3 is 6.18 Å². The second-order valence-electron chi connectivity index (χ2n) is 6.27. The molecule has 1 heterocycles. The molecule has 1 aromatic carbocycles. The van der Waals surface area contributed by atoms with Crippen molar-refractivity contribution < 1.29 is 22.7 Å². The van der Waals surface area contributed by atoms with Gasteiger partial charge in [-0.25, -0.2) is 0 Å². The SMILES string of the molecule is CCCN(C(=O)C(C)Oc1ccccc1C(F)(F)F)C1CCNCC1.Cl. The first-order valence-electron chi connectivity index (χ1n) is 8.68. The number of nitrogens with zero attached hydrogens (tertiary/aromatic N) is 1. The number of amides is 1. The van der Waals surface area contributed by atoms with Crippen LogP contribution in [0.5, 0.6) is 5.75 Å². The molecule has 0 aliphatic carbocycles. The fraction of sp³-hybridized carbons (Fsp3) is 0.611. The van der Waals surface area contributed by atoms with E-state index in [1.54, 1.807) is 4.90 Å². The predicted molar refractivity (Wildman–Crippen MR) is 96.7 cm³/mol. The number of alkyl halides is 3. The Balaban J connectivity index is 0.00000338. The molecular weight excluding hydrogens is 369 g/mol. The molecule has 1 aliphatic rings. The minimum atomic E-state index is -4.52. The van der Waals surface area contributed by atoms with E-state index in [9.17, 15) is 18.0 Å². The topological polar surface area (TPSA) is 41.6 Å². The molecule has 1 amide bonds. The number of ether oxygens (including phenoxy) is 1. The van der Waals surface area contributed by atoms with E-state index in [2.05, 4.69) is 5.32 Å². The Labute approximate surface area is 158 Å². The van der Waals surface area contributed by atoms with E-state index in [4.69, 9.17) is 4.74 Å². The second-order valence-corrected chi connectivity index (χ2v) is 6.27. The molecule has 26 heavy (non-hydrogen) atoms. The summed E-state index contributed by atoms with van der Waals surface area (Å²) in [5.74, 6) is -0.566. The maximum absolute atomic E-state index is 13.1. The number of benzene rings is 1. The van der Waals surface area contributed by atoms with E-state index in [1.165, 1.54) is 25.1 Å². The molecule has 0 spiro atoms. The lowest BCUT2D eigenvalue weighted by Gasteiger charge is -2.36. The summed E-state index contributed by atoms with van der Waals surface area (Å²) < 4.78 is 44.7. The van der Waals surface area contributed by atoms with Gasteiger partial charge < -0.3 is 15.0 Å². The van der Waals surface area contributed by atoms with Crippen molar-refractivity contribution in [2.75, 3.05) is 19.6 Å². The van der Waals surface area contributed by atoms with E-state index < -0.39 is 17.8 Å². The molecule has 2 rings (SSSR count). The fourth-order valence-corrected chi connectivity index (χ4v) is 3.11. The van der Waals surface area contributed by atoms with Crippen LogP contribution in [0.1, 0.15) is 38.7 Å². The van der Waals surface area contributed by atoms with Gasteiger partial charge in [-0.1, -0.05) is 19.1 Å². The molecule has 0 bridgehead atoms. The molecular formula is C18H26ClF3N2O2. The van der Waals surface area contributed by atoms with Crippen molar-refractivity contribution in [3.63, 3.8) is 0 Å². The summed E-state index contributed by atoms with van der Waals surface area (Å²) in [4.78, 5) is 14.6. The first kappa shape index (κ1) is 22.6. The molecule has 1 saturated heterocycles. The van der Waals surface area contributed by atoms with Crippen LogP contribution in [0.2, 0.25) is 0 Å². The largest absolute Gasteiger partial charge is 0.480 e. The van der Waals surface area contributed by atoms with Crippen molar-refractivity contribution in [3.8, 4) is 5.75 Å². The first-order valence-corrected chi connectivity index (χ1v) is 8.68. The Bertz CT molecular complexity index is 578. The van der Waals surface area contributed by atoms with Gasteiger partial charge in [-0.05, 0) is 51.4 Å². The highest BCUT2D eigenvalue weighted by molar-refractivity contribution is 5.85. The number of hydrogen-bond acceptors (Lipinski definition) is 3. The van der Waals surface area contributed by atoms with Gasteiger partial charge in [0.2, 0.25) is 0 Å². The predicted octanol–water partition coefficient (Wildman–Crippen LogP) is 3.89. The number of nitrogens with one attached hydrogen (secondary N) is 1. The average Bonchev–Trinajstić information content (AvgIpc) is 2.59. The van der Waals surface area contributed by atoms with Crippen molar-refractivity contribution in [1.29, 1.82) is 0 Å². The van der Waals surface area contributed by atoms with Crippen LogP contribution in [-0.2, 0) is 11.0 Å². The summed E-state index contributed by atoms with van der Waals surface area (Å²) in [6.45, 7) is 5.75. The van der Waals surface area contributed by atoms with Crippen LogP contribution in [0.25, 0.3) is 0 Å². The van der Waals surface area contributed by atoms with Crippen LogP contribution >= 0.6 is 12.4 Å². The zero-order chi connectivity index (χ0) is 18.4. The lowest BCUT2D eigenvalue weighted by atomic mass is 10.0. The fourth-order valence-electron chi connectivity index (χ4n) is 3.11.